The highest BCUT2D eigenvalue weighted by Crippen LogP contribution is 2.28. The molecular formula is C24H28N2O5. The second-order valence-corrected chi connectivity index (χ2v) is 7.55. The predicted octanol–water partition coefficient (Wildman–Crippen LogP) is 3.02. The highest BCUT2D eigenvalue weighted by Gasteiger charge is 2.22. The zero-order valence-corrected chi connectivity index (χ0v) is 17.7. The summed E-state index contributed by atoms with van der Waals surface area (Å²) in [4.78, 5) is 36.9. The Bertz CT molecular complexity index is 907. The number of hydrogen-bond acceptors (Lipinski definition) is 5. The molecule has 1 saturated carbocycles. The van der Waals surface area contributed by atoms with E-state index in [0.29, 0.717) is 12.3 Å². The molecule has 1 aliphatic rings. The quantitative estimate of drug-likeness (QED) is 0.477. The van der Waals surface area contributed by atoms with E-state index in [0.717, 1.165) is 31.2 Å². The van der Waals surface area contributed by atoms with Crippen molar-refractivity contribution in [2.24, 2.45) is 0 Å². The van der Waals surface area contributed by atoms with Crippen molar-refractivity contribution in [2.45, 2.75) is 44.7 Å². The molecule has 31 heavy (non-hydrogen) atoms. The van der Waals surface area contributed by atoms with Crippen molar-refractivity contribution < 1.29 is 23.9 Å². The van der Waals surface area contributed by atoms with Crippen LogP contribution in [-0.4, -0.2) is 37.4 Å². The van der Waals surface area contributed by atoms with E-state index in [9.17, 15) is 14.4 Å². The molecule has 0 saturated heterocycles. The molecule has 0 heterocycles. The number of hydrogen-bond donors (Lipinski definition) is 2. The van der Waals surface area contributed by atoms with Crippen molar-refractivity contribution in [3.05, 3.63) is 59.7 Å². The van der Waals surface area contributed by atoms with Crippen LogP contribution in [0.5, 0.6) is 11.5 Å². The van der Waals surface area contributed by atoms with E-state index in [4.69, 9.17) is 9.47 Å². The summed E-state index contributed by atoms with van der Waals surface area (Å²) in [6.45, 7) is 0.211. The molecule has 1 aliphatic carbocycles. The summed E-state index contributed by atoms with van der Waals surface area (Å²) in [6, 6.07) is 14.1. The molecule has 0 atom stereocenters. The fourth-order valence-corrected chi connectivity index (χ4v) is 3.55. The van der Waals surface area contributed by atoms with E-state index < -0.39 is 11.7 Å². The molecule has 0 aliphatic heterocycles. The van der Waals surface area contributed by atoms with E-state index in [1.165, 1.54) is 31.7 Å². The number of nitrogens with one attached hydrogen (secondary N) is 2. The van der Waals surface area contributed by atoms with Crippen molar-refractivity contribution >= 4 is 17.6 Å². The first-order valence-corrected chi connectivity index (χ1v) is 10.5. The summed E-state index contributed by atoms with van der Waals surface area (Å²) in [5, 5.41) is 5.60. The number of ketones is 1. The number of rotatable bonds is 9. The van der Waals surface area contributed by atoms with Gasteiger partial charge >= 0.3 is 0 Å². The lowest BCUT2D eigenvalue weighted by molar-refractivity contribution is -0.123. The fourth-order valence-electron chi connectivity index (χ4n) is 3.55. The molecule has 2 amide bonds. The highest BCUT2D eigenvalue weighted by molar-refractivity contribution is 6.42. The van der Waals surface area contributed by atoms with Gasteiger partial charge in [-0.2, -0.15) is 0 Å². The predicted molar refractivity (Wildman–Crippen MR) is 116 cm³/mol. The number of Topliss-reactive ketones (excluding diaryl/α,β-unsaturated/α-hetero) is 1. The van der Waals surface area contributed by atoms with Gasteiger partial charge in [0.15, 0.2) is 18.1 Å². The zero-order valence-electron chi connectivity index (χ0n) is 17.7. The van der Waals surface area contributed by atoms with Gasteiger partial charge in [-0.1, -0.05) is 49.6 Å². The van der Waals surface area contributed by atoms with Gasteiger partial charge in [0.2, 0.25) is 5.78 Å². The van der Waals surface area contributed by atoms with Gasteiger partial charge in [0.25, 0.3) is 11.8 Å². The summed E-state index contributed by atoms with van der Waals surface area (Å²) in [5.74, 6) is -0.898. The van der Waals surface area contributed by atoms with Crippen LogP contribution in [0.15, 0.2) is 48.5 Å². The lowest BCUT2D eigenvalue weighted by atomic mass is 9.95. The molecule has 2 N–H and O–H groups in total. The number of methoxy groups -OCH3 is 1. The first kappa shape index (κ1) is 22.3. The number of carbonyl (C=O) groups excluding carboxylic acids is 3. The summed E-state index contributed by atoms with van der Waals surface area (Å²) in [5.41, 5.74) is 1.20. The molecule has 7 heteroatoms. The SMILES string of the molecule is COc1cc(C(=O)C(=O)NC2CCCCC2)ccc1OCC(=O)NCc1ccccc1. The number of amides is 2. The molecule has 3 rings (SSSR count). The third kappa shape index (κ3) is 6.57. The van der Waals surface area contributed by atoms with Gasteiger partial charge in [-0.05, 0) is 36.6 Å². The maximum absolute atomic E-state index is 12.5. The summed E-state index contributed by atoms with van der Waals surface area (Å²) in [7, 11) is 1.44. The first-order chi connectivity index (χ1) is 15.1. The minimum atomic E-state index is -0.615. The minimum absolute atomic E-state index is 0.0594. The highest BCUT2D eigenvalue weighted by atomic mass is 16.5. The Balaban J connectivity index is 1.54. The van der Waals surface area contributed by atoms with Gasteiger partial charge in [0, 0.05) is 18.2 Å². The van der Waals surface area contributed by atoms with Crippen LogP contribution in [0.4, 0.5) is 0 Å². The van der Waals surface area contributed by atoms with Gasteiger partial charge in [0.1, 0.15) is 0 Å². The van der Waals surface area contributed by atoms with Gasteiger partial charge < -0.3 is 20.1 Å². The van der Waals surface area contributed by atoms with Crippen LogP contribution >= 0.6 is 0 Å². The second-order valence-electron chi connectivity index (χ2n) is 7.55. The van der Waals surface area contributed by atoms with E-state index in [2.05, 4.69) is 10.6 Å². The molecule has 164 valence electrons. The van der Waals surface area contributed by atoms with E-state index >= 15 is 0 Å². The Morgan fingerprint density at radius 2 is 1.71 bits per heavy atom. The second kappa shape index (κ2) is 11.2. The van der Waals surface area contributed by atoms with Crippen molar-refractivity contribution in [3.63, 3.8) is 0 Å². The number of carbonyl (C=O) groups is 3. The molecule has 2 aromatic carbocycles. The third-order valence-electron chi connectivity index (χ3n) is 5.26. The van der Waals surface area contributed by atoms with Crippen LogP contribution in [-0.2, 0) is 16.1 Å². The molecule has 2 aromatic rings. The van der Waals surface area contributed by atoms with Crippen LogP contribution in [0.3, 0.4) is 0 Å². The van der Waals surface area contributed by atoms with E-state index in [1.807, 2.05) is 30.3 Å². The minimum Gasteiger partial charge on any atom is -0.493 e. The van der Waals surface area contributed by atoms with E-state index in [1.54, 1.807) is 0 Å². The maximum Gasteiger partial charge on any atom is 0.292 e. The van der Waals surface area contributed by atoms with E-state index in [-0.39, 0.29) is 29.9 Å². The largest absolute Gasteiger partial charge is 0.493 e. The van der Waals surface area contributed by atoms with Gasteiger partial charge in [-0.25, -0.2) is 0 Å². The van der Waals surface area contributed by atoms with Crippen LogP contribution in [0, 0.1) is 0 Å². The Morgan fingerprint density at radius 1 is 0.968 bits per heavy atom. The van der Waals surface area contributed by atoms with Crippen LogP contribution in [0.1, 0.15) is 48.0 Å². The zero-order chi connectivity index (χ0) is 22.1. The maximum atomic E-state index is 12.5. The molecule has 0 spiro atoms. The number of benzene rings is 2. The Kier molecular flexibility index (Phi) is 8.04. The summed E-state index contributed by atoms with van der Waals surface area (Å²) >= 11 is 0. The van der Waals surface area contributed by atoms with Crippen molar-refractivity contribution in [1.29, 1.82) is 0 Å². The van der Waals surface area contributed by atoms with Gasteiger partial charge in [-0.15, -0.1) is 0 Å². The Labute approximate surface area is 182 Å². The number of ether oxygens (including phenoxy) is 2. The Morgan fingerprint density at radius 3 is 2.42 bits per heavy atom. The first-order valence-electron chi connectivity index (χ1n) is 10.5. The molecule has 0 bridgehead atoms. The van der Waals surface area contributed by atoms with Gasteiger partial charge in [0.05, 0.1) is 7.11 Å². The Hall–Kier alpha value is -3.35. The smallest absolute Gasteiger partial charge is 0.292 e. The lowest BCUT2D eigenvalue weighted by Crippen LogP contribution is -2.40. The lowest BCUT2D eigenvalue weighted by Gasteiger charge is -2.22. The molecular weight excluding hydrogens is 396 g/mol. The van der Waals surface area contributed by atoms with Crippen molar-refractivity contribution in [2.75, 3.05) is 13.7 Å². The summed E-state index contributed by atoms with van der Waals surface area (Å²) < 4.78 is 10.8. The molecule has 0 unspecified atom stereocenters. The molecule has 0 radical (unpaired) electrons. The average molecular weight is 424 g/mol. The third-order valence-corrected chi connectivity index (χ3v) is 5.26. The normalized spacial score (nSPS) is 13.8. The van der Waals surface area contributed by atoms with Crippen LogP contribution in [0.25, 0.3) is 0 Å². The topological polar surface area (TPSA) is 93.7 Å². The van der Waals surface area contributed by atoms with Crippen LogP contribution in [0.2, 0.25) is 0 Å². The molecule has 7 nitrogen and oxygen atoms in total. The van der Waals surface area contributed by atoms with Crippen molar-refractivity contribution in [3.8, 4) is 11.5 Å². The monoisotopic (exact) mass is 424 g/mol. The average Bonchev–Trinajstić information content (AvgIpc) is 2.82. The van der Waals surface area contributed by atoms with Crippen molar-refractivity contribution in [1.82, 2.24) is 10.6 Å². The van der Waals surface area contributed by atoms with Crippen LogP contribution < -0.4 is 20.1 Å². The van der Waals surface area contributed by atoms with Gasteiger partial charge in [-0.3, -0.25) is 14.4 Å². The molecule has 1 fully saturated rings. The molecule has 0 aromatic heterocycles. The standard InChI is InChI=1S/C24H28N2O5/c1-30-21-14-18(23(28)24(29)26-19-10-6-3-7-11-19)12-13-20(21)31-16-22(27)25-15-17-8-4-2-5-9-17/h2,4-5,8-9,12-14,19H,3,6-7,10-11,15-16H2,1H3,(H,25,27)(H,26,29). The fraction of sp³-hybridized carbons (Fsp3) is 0.375. The summed E-state index contributed by atoms with van der Waals surface area (Å²) in [6.07, 6.45) is 5.11.